The lowest BCUT2D eigenvalue weighted by Crippen LogP contribution is -2.37. The van der Waals surface area contributed by atoms with Gasteiger partial charge >= 0.3 is 0 Å². The lowest BCUT2D eigenvalue weighted by Gasteiger charge is -2.24. The second kappa shape index (κ2) is 7.34. The monoisotopic (exact) mass is 329 g/mol. The fourth-order valence-corrected chi connectivity index (χ4v) is 3.17. The standard InChI is InChI=1S/C15H21Cl2N3O/c1-20(11-4-2-3-5-11)7-6-19-15(21)12-8-10(18)9-13(16)14(12)17/h8-9,11H,2-7,18H2,1H3,(H,19,21). The van der Waals surface area contributed by atoms with E-state index in [9.17, 15) is 4.79 Å². The summed E-state index contributed by atoms with van der Waals surface area (Å²) in [5.74, 6) is -0.242. The van der Waals surface area contributed by atoms with Crippen LogP contribution in [0.5, 0.6) is 0 Å². The summed E-state index contributed by atoms with van der Waals surface area (Å²) in [4.78, 5) is 14.5. The van der Waals surface area contributed by atoms with Gasteiger partial charge in [0.05, 0.1) is 15.6 Å². The molecule has 0 aromatic heterocycles. The van der Waals surface area contributed by atoms with Crippen LogP contribution in [0.1, 0.15) is 36.0 Å². The first-order valence-electron chi connectivity index (χ1n) is 7.22. The number of hydrogen-bond donors (Lipinski definition) is 2. The fourth-order valence-electron chi connectivity index (χ4n) is 2.74. The topological polar surface area (TPSA) is 58.4 Å². The molecule has 1 aromatic rings. The number of nitrogens with one attached hydrogen (secondary N) is 1. The van der Waals surface area contributed by atoms with E-state index in [0.29, 0.717) is 28.9 Å². The second-order valence-corrected chi connectivity index (χ2v) is 6.32. The summed E-state index contributed by atoms with van der Waals surface area (Å²) in [7, 11) is 2.10. The zero-order valence-electron chi connectivity index (χ0n) is 12.2. The van der Waals surface area contributed by atoms with Crippen molar-refractivity contribution < 1.29 is 4.79 Å². The first kappa shape index (κ1) is 16.4. The van der Waals surface area contributed by atoms with Crippen molar-refractivity contribution in [2.45, 2.75) is 31.7 Å². The first-order valence-corrected chi connectivity index (χ1v) is 7.97. The first-order chi connectivity index (χ1) is 9.99. The normalized spacial score (nSPS) is 15.6. The van der Waals surface area contributed by atoms with E-state index in [-0.39, 0.29) is 10.9 Å². The molecule has 6 heteroatoms. The summed E-state index contributed by atoms with van der Waals surface area (Å²) >= 11 is 12.0. The number of anilines is 1. The maximum Gasteiger partial charge on any atom is 0.252 e. The molecule has 116 valence electrons. The molecule has 0 saturated heterocycles. The van der Waals surface area contributed by atoms with Crippen LogP contribution < -0.4 is 11.1 Å². The Bertz CT molecular complexity index is 516. The maximum atomic E-state index is 12.1. The number of carbonyl (C=O) groups excluding carboxylic acids is 1. The highest BCUT2D eigenvalue weighted by Gasteiger charge is 2.19. The Morgan fingerprint density at radius 1 is 1.38 bits per heavy atom. The number of hydrogen-bond acceptors (Lipinski definition) is 3. The lowest BCUT2D eigenvalue weighted by atomic mass is 10.2. The van der Waals surface area contributed by atoms with Crippen LogP contribution in [0.4, 0.5) is 5.69 Å². The van der Waals surface area contributed by atoms with Crippen molar-refractivity contribution in [2.75, 3.05) is 25.9 Å². The summed E-state index contributed by atoms with van der Waals surface area (Å²) in [5, 5.41) is 3.41. The van der Waals surface area contributed by atoms with E-state index in [1.165, 1.54) is 31.7 Å². The molecule has 0 atom stereocenters. The maximum absolute atomic E-state index is 12.1. The third-order valence-electron chi connectivity index (χ3n) is 3.99. The van der Waals surface area contributed by atoms with Gasteiger partial charge in [-0.3, -0.25) is 4.79 Å². The van der Waals surface area contributed by atoms with Crippen LogP contribution in [0.2, 0.25) is 10.0 Å². The van der Waals surface area contributed by atoms with E-state index in [4.69, 9.17) is 28.9 Å². The number of halogens is 2. The number of rotatable bonds is 5. The van der Waals surface area contributed by atoms with Gasteiger partial charge in [-0.2, -0.15) is 0 Å². The average molecular weight is 330 g/mol. The fraction of sp³-hybridized carbons (Fsp3) is 0.533. The van der Waals surface area contributed by atoms with Gasteiger partial charge in [0.25, 0.3) is 5.91 Å². The van der Waals surface area contributed by atoms with Crippen molar-refractivity contribution in [1.82, 2.24) is 10.2 Å². The molecule has 1 amide bonds. The lowest BCUT2D eigenvalue weighted by molar-refractivity contribution is 0.0947. The zero-order valence-corrected chi connectivity index (χ0v) is 13.7. The predicted molar refractivity (Wildman–Crippen MR) is 88.1 cm³/mol. The average Bonchev–Trinajstić information content (AvgIpc) is 2.96. The zero-order chi connectivity index (χ0) is 15.4. The van der Waals surface area contributed by atoms with E-state index in [1.54, 1.807) is 6.07 Å². The largest absolute Gasteiger partial charge is 0.399 e. The van der Waals surface area contributed by atoms with Gasteiger partial charge in [-0.25, -0.2) is 0 Å². The van der Waals surface area contributed by atoms with Gasteiger partial charge in [0.2, 0.25) is 0 Å². The number of likely N-dealkylation sites (N-methyl/N-ethyl adjacent to an activating group) is 1. The molecule has 2 rings (SSSR count). The second-order valence-electron chi connectivity index (χ2n) is 5.54. The minimum absolute atomic E-state index is 0.242. The van der Waals surface area contributed by atoms with E-state index in [0.717, 1.165) is 6.54 Å². The van der Waals surface area contributed by atoms with E-state index in [1.807, 2.05) is 0 Å². The predicted octanol–water partition coefficient (Wildman–Crippen LogP) is 3.18. The Kier molecular flexibility index (Phi) is 5.73. The van der Waals surface area contributed by atoms with Crippen molar-refractivity contribution in [3.05, 3.63) is 27.7 Å². The molecule has 0 spiro atoms. The molecular weight excluding hydrogens is 309 g/mol. The molecule has 1 aromatic carbocycles. The number of nitrogens with two attached hydrogens (primary N) is 1. The van der Waals surface area contributed by atoms with Gasteiger partial charge in [0.15, 0.2) is 0 Å². The Balaban J connectivity index is 1.87. The Hall–Kier alpha value is -0.970. The summed E-state index contributed by atoms with van der Waals surface area (Å²) in [6.07, 6.45) is 5.11. The third-order valence-corrected chi connectivity index (χ3v) is 4.80. The highest BCUT2D eigenvalue weighted by atomic mass is 35.5. The minimum Gasteiger partial charge on any atom is -0.399 e. The summed E-state index contributed by atoms with van der Waals surface area (Å²) in [6.45, 7) is 1.40. The molecule has 21 heavy (non-hydrogen) atoms. The van der Waals surface area contributed by atoms with Gasteiger partial charge in [0, 0.05) is 24.8 Å². The smallest absolute Gasteiger partial charge is 0.252 e. The van der Waals surface area contributed by atoms with Gasteiger partial charge in [0.1, 0.15) is 0 Å². The van der Waals surface area contributed by atoms with Gasteiger partial charge < -0.3 is 16.0 Å². The Morgan fingerprint density at radius 3 is 2.71 bits per heavy atom. The highest BCUT2D eigenvalue weighted by Crippen LogP contribution is 2.28. The molecular formula is C15H21Cl2N3O. The number of carbonyl (C=O) groups is 1. The van der Waals surface area contributed by atoms with E-state index >= 15 is 0 Å². The van der Waals surface area contributed by atoms with Crippen LogP contribution in [0, 0.1) is 0 Å². The van der Waals surface area contributed by atoms with Crippen LogP contribution in [0.25, 0.3) is 0 Å². The molecule has 1 aliphatic rings. The molecule has 4 nitrogen and oxygen atoms in total. The van der Waals surface area contributed by atoms with Crippen molar-refractivity contribution in [3.63, 3.8) is 0 Å². The van der Waals surface area contributed by atoms with Gasteiger partial charge in [-0.15, -0.1) is 0 Å². The van der Waals surface area contributed by atoms with Crippen LogP contribution in [0.3, 0.4) is 0 Å². The molecule has 3 N–H and O–H groups in total. The molecule has 0 unspecified atom stereocenters. The summed E-state index contributed by atoms with van der Waals surface area (Å²) in [6, 6.07) is 3.73. The molecule has 1 fully saturated rings. The summed E-state index contributed by atoms with van der Waals surface area (Å²) in [5.41, 5.74) is 6.45. The van der Waals surface area contributed by atoms with E-state index < -0.39 is 0 Å². The van der Waals surface area contributed by atoms with Crippen LogP contribution >= 0.6 is 23.2 Å². The molecule has 0 aliphatic heterocycles. The SMILES string of the molecule is CN(CCNC(=O)c1cc(N)cc(Cl)c1Cl)C1CCCC1. The molecule has 0 heterocycles. The Morgan fingerprint density at radius 2 is 2.05 bits per heavy atom. The van der Waals surface area contributed by atoms with Crippen LogP contribution in [0.15, 0.2) is 12.1 Å². The highest BCUT2D eigenvalue weighted by molar-refractivity contribution is 6.44. The third kappa shape index (κ3) is 4.25. The molecule has 1 saturated carbocycles. The Labute approximate surface area is 135 Å². The van der Waals surface area contributed by atoms with Gasteiger partial charge in [-0.1, -0.05) is 36.0 Å². The number of nitrogens with zero attached hydrogens (tertiary/aromatic N) is 1. The van der Waals surface area contributed by atoms with Crippen LogP contribution in [-0.2, 0) is 0 Å². The van der Waals surface area contributed by atoms with Crippen molar-refractivity contribution in [2.24, 2.45) is 0 Å². The number of benzene rings is 1. The molecule has 0 radical (unpaired) electrons. The van der Waals surface area contributed by atoms with Crippen molar-refractivity contribution >= 4 is 34.8 Å². The van der Waals surface area contributed by atoms with E-state index in [2.05, 4.69) is 17.3 Å². The van der Waals surface area contributed by atoms with Crippen molar-refractivity contribution in [3.8, 4) is 0 Å². The van der Waals surface area contributed by atoms with Crippen molar-refractivity contribution in [1.29, 1.82) is 0 Å². The molecule has 1 aliphatic carbocycles. The van der Waals surface area contributed by atoms with Crippen LogP contribution in [-0.4, -0.2) is 37.0 Å². The number of amides is 1. The minimum atomic E-state index is -0.242. The number of nitrogen functional groups attached to an aromatic ring is 1. The summed E-state index contributed by atoms with van der Waals surface area (Å²) < 4.78 is 0. The quantitative estimate of drug-likeness (QED) is 0.815. The molecule has 0 bridgehead atoms. The van der Waals surface area contributed by atoms with Gasteiger partial charge in [-0.05, 0) is 32.0 Å².